The van der Waals surface area contributed by atoms with E-state index >= 15 is 0 Å². The Bertz CT molecular complexity index is 391. The van der Waals surface area contributed by atoms with Gasteiger partial charge >= 0.3 is 0 Å². The molecule has 0 bridgehead atoms. The van der Waals surface area contributed by atoms with Crippen LogP contribution in [0.5, 0.6) is 0 Å². The van der Waals surface area contributed by atoms with Crippen molar-refractivity contribution in [2.24, 2.45) is 0 Å². The molecule has 0 radical (unpaired) electrons. The summed E-state index contributed by atoms with van der Waals surface area (Å²) in [4.78, 5) is 19.2. The number of hydrogen-bond acceptors (Lipinski definition) is 5. The summed E-state index contributed by atoms with van der Waals surface area (Å²) < 4.78 is 0. The monoisotopic (exact) mass is 235 g/mol. The Morgan fingerprint density at radius 1 is 1.53 bits per heavy atom. The van der Waals surface area contributed by atoms with E-state index in [9.17, 15) is 4.79 Å². The fourth-order valence-electron chi connectivity index (χ4n) is 1.47. The Morgan fingerprint density at radius 2 is 2.35 bits per heavy atom. The lowest BCUT2D eigenvalue weighted by atomic mass is 10.3. The van der Waals surface area contributed by atoms with E-state index in [1.54, 1.807) is 6.20 Å². The summed E-state index contributed by atoms with van der Waals surface area (Å²) >= 11 is 0. The van der Waals surface area contributed by atoms with Crippen LogP contribution in [0.15, 0.2) is 12.5 Å². The van der Waals surface area contributed by atoms with Crippen molar-refractivity contribution in [2.45, 2.75) is 31.7 Å². The second-order valence-corrected chi connectivity index (χ2v) is 4.20. The SMILES string of the molecule is Nc1cncnc1NCCCC(=O)NC1CC1. The minimum atomic E-state index is 0.130. The van der Waals surface area contributed by atoms with Gasteiger partial charge in [-0.3, -0.25) is 4.79 Å². The summed E-state index contributed by atoms with van der Waals surface area (Å²) in [5, 5.41) is 6.03. The molecule has 1 aliphatic rings. The van der Waals surface area contributed by atoms with Crippen LogP contribution >= 0.6 is 0 Å². The molecule has 6 nitrogen and oxygen atoms in total. The largest absolute Gasteiger partial charge is 0.394 e. The first-order valence-electron chi connectivity index (χ1n) is 5.84. The quantitative estimate of drug-likeness (QED) is 0.625. The Morgan fingerprint density at radius 3 is 3.06 bits per heavy atom. The number of rotatable bonds is 6. The van der Waals surface area contributed by atoms with E-state index < -0.39 is 0 Å². The number of nitrogens with zero attached hydrogens (tertiary/aromatic N) is 2. The first kappa shape index (κ1) is 11.6. The van der Waals surface area contributed by atoms with Crippen molar-refractivity contribution >= 4 is 17.4 Å². The van der Waals surface area contributed by atoms with Crippen LogP contribution < -0.4 is 16.4 Å². The lowest BCUT2D eigenvalue weighted by Crippen LogP contribution is -2.25. The highest BCUT2D eigenvalue weighted by atomic mass is 16.1. The third kappa shape index (κ3) is 3.90. The molecule has 1 saturated carbocycles. The van der Waals surface area contributed by atoms with Gasteiger partial charge in [0.1, 0.15) is 6.33 Å². The summed E-state index contributed by atoms with van der Waals surface area (Å²) in [5.74, 6) is 0.757. The molecule has 92 valence electrons. The molecule has 1 heterocycles. The second kappa shape index (κ2) is 5.47. The van der Waals surface area contributed by atoms with E-state index in [1.165, 1.54) is 6.33 Å². The first-order chi connectivity index (χ1) is 8.25. The van der Waals surface area contributed by atoms with E-state index in [2.05, 4.69) is 20.6 Å². The average molecular weight is 235 g/mol. The van der Waals surface area contributed by atoms with E-state index in [4.69, 9.17) is 5.73 Å². The van der Waals surface area contributed by atoms with Crippen molar-refractivity contribution in [1.29, 1.82) is 0 Å². The molecule has 0 unspecified atom stereocenters. The van der Waals surface area contributed by atoms with Crippen molar-refractivity contribution < 1.29 is 4.79 Å². The maximum absolute atomic E-state index is 11.4. The molecule has 4 N–H and O–H groups in total. The summed E-state index contributed by atoms with van der Waals surface area (Å²) in [6, 6.07) is 0.438. The van der Waals surface area contributed by atoms with Crippen LogP contribution in [0.1, 0.15) is 25.7 Å². The van der Waals surface area contributed by atoms with Crippen LogP contribution in [0.2, 0.25) is 0 Å². The lowest BCUT2D eigenvalue weighted by Gasteiger charge is -2.07. The molecule has 1 aliphatic carbocycles. The number of amides is 1. The molecule has 0 aliphatic heterocycles. The Balaban J connectivity index is 1.62. The summed E-state index contributed by atoms with van der Waals surface area (Å²) in [5.41, 5.74) is 6.19. The number of anilines is 2. The van der Waals surface area contributed by atoms with Crippen molar-refractivity contribution in [3.8, 4) is 0 Å². The fourth-order valence-corrected chi connectivity index (χ4v) is 1.47. The Kier molecular flexibility index (Phi) is 3.74. The third-order valence-electron chi connectivity index (χ3n) is 2.56. The van der Waals surface area contributed by atoms with Gasteiger partial charge in [-0.15, -0.1) is 0 Å². The maximum Gasteiger partial charge on any atom is 0.220 e. The first-order valence-corrected chi connectivity index (χ1v) is 5.84. The number of nitrogen functional groups attached to an aromatic ring is 1. The Hall–Kier alpha value is -1.85. The molecule has 1 amide bonds. The molecule has 1 aromatic heterocycles. The predicted molar refractivity (Wildman–Crippen MR) is 65.3 cm³/mol. The highest BCUT2D eigenvalue weighted by Crippen LogP contribution is 2.18. The Labute approximate surface area is 100 Å². The number of nitrogens with two attached hydrogens (primary N) is 1. The molecule has 17 heavy (non-hydrogen) atoms. The van der Waals surface area contributed by atoms with Crippen molar-refractivity contribution in [2.75, 3.05) is 17.6 Å². The van der Waals surface area contributed by atoms with E-state index in [-0.39, 0.29) is 5.91 Å². The second-order valence-electron chi connectivity index (χ2n) is 4.20. The minimum Gasteiger partial charge on any atom is -0.394 e. The molecule has 0 spiro atoms. The van der Waals surface area contributed by atoms with Crippen LogP contribution in [0.4, 0.5) is 11.5 Å². The molecule has 1 fully saturated rings. The molecule has 1 aromatic rings. The third-order valence-corrected chi connectivity index (χ3v) is 2.56. The van der Waals surface area contributed by atoms with Gasteiger partial charge < -0.3 is 16.4 Å². The summed E-state index contributed by atoms with van der Waals surface area (Å²) in [7, 11) is 0. The van der Waals surface area contributed by atoms with Gasteiger partial charge in [0.2, 0.25) is 5.91 Å². The standard InChI is InChI=1S/C11H17N5O/c12-9-6-13-7-15-11(9)14-5-1-2-10(17)16-8-3-4-8/h6-8H,1-5,12H2,(H,16,17)(H,13,14,15). The molecule has 0 aromatic carbocycles. The van der Waals surface area contributed by atoms with Crippen molar-refractivity contribution in [3.05, 3.63) is 12.5 Å². The fraction of sp³-hybridized carbons (Fsp3) is 0.545. The lowest BCUT2D eigenvalue weighted by molar-refractivity contribution is -0.121. The molecule has 6 heteroatoms. The zero-order chi connectivity index (χ0) is 12.1. The number of carbonyl (C=O) groups excluding carboxylic acids is 1. The van der Waals surface area contributed by atoms with Gasteiger partial charge in [-0.25, -0.2) is 9.97 Å². The van der Waals surface area contributed by atoms with Crippen molar-refractivity contribution in [3.63, 3.8) is 0 Å². The van der Waals surface area contributed by atoms with Crippen LogP contribution in [0, 0.1) is 0 Å². The topological polar surface area (TPSA) is 92.9 Å². The number of aromatic nitrogens is 2. The zero-order valence-corrected chi connectivity index (χ0v) is 9.65. The highest BCUT2D eigenvalue weighted by Gasteiger charge is 2.22. The van der Waals surface area contributed by atoms with Crippen molar-refractivity contribution in [1.82, 2.24) is 15.3 Å². The molecular formula is C11H17N5O. The van der Waals surface area contributed by atoms with E-state index in [0.29, 0.717) is 30.5 Å². The zero-order valence-electron chi connectivity index (χ0n) is 9.65. The molecule has 2 rings (SSSR count). The molecule has 0 saturated heterocycles. The number of carbonyl (C=O) groups is 1. The van der Waals surface area contributed by atoms with Gasteiger partial charge in [0.15, 0.2) is 5.82 Å². The van der Waals surface area contributed by atoms with Gasteiger partial charge in [0, 0.05) is 19.0 Å². The average Bonchev–Trinajstić information content (AvgIpc) is 3.10. The van der Waals surface area contributed by atoms with Gasteiger partial charge in [-0.2, -0.15) is 0 Å². The van der Waals surface area contributed by atoms with Crippen LogP contribution in [-0.2, 0) is 4.79 Å². The van der Waals surface area contributed by atoms with E-state index in [1.807, 2.05) is 0 Å². The number of nitrogens with one attached hydrogen (secondary N) is 2. The number of hydrogen-bond donors (Lipinski definition) is 3. The minimum absolute atomic E-state index is 0.130. The molecular weight excluding hydrogens is 218 g/mol. The maximum atomic E-state index is 11.4. The smallest absolute Gasteiger partial charge is 0.220 e. The van der Waals surface area contributed by atoms with Gasteiger partial charge in [0.05, 0.1) is 11.9 Å². The molecule has 0 atom stereocenters. The van der Waals surface area contributed by atoms with E-state index in [0.717, 1.165) is 19.3 Å². The van der Waals surface area contributed by atoms with Crippen LogP contribution in [0.3, 0.4) is 0 Å². The van der Waals surface area contributed by atoms with Gasteiger partial charge in [-0.1, -0.05) is 0 Å². The van der Waals surface area contributed by atoms with Crippen LogP contribution in [0.25, 0.3) is 0 Å². The summed E-state index contributed by atoms with van der Waals surface area (Å²) in [6.07, 6.45) is 6.55. The van der Waals surface area contributed by atoms with Gasteiger partial charge in [0.25, 0.3) is 0 Å². The normalized spacial score (nSPS) is 14.4. The van der Waals surface area contributed by atoms with Gasteiger partial charge in [-0.05, 0) is 19.3 Å². The highest BCUT2D eigenvalue weighted by molar-refractivity contribution is 5.76. The predicted octanol–water partition coefficient (Wildman–Crippen LogP) is 0.529. The summed E-state index contributed by atoms with van der Waals surface area (Å²) in [6.45, 7) is 0.680. The van der Waals surface area contributed by atoms with Crippen LogP contribution in [-0.4, -0.2) is 28.5 Å².